The molecule has 0 aromatic carbocycles. The van der Waals surface area contributed by atoms with E-state index in [0.29, 0.717) is 24.1 Å². The van der Waals surface area contributed by atoms with Crippen LogP contribution in [0.1, 0.15) is 18.7 Å². The molecular weight excluding hydrogens is 194 g/mol. The Kier molecular flexibility index (Phi) is 2.73. The first-order valence-corrected chi connectivity index (χ1v) is 5.15. The van der Waals surface area contributed by atoms with Crippen molar-refractivity contribution in [3.63, 3.8) is 0 Å². The molecule has 0 bridgehead atoms. The Morgan fingerprint density at radius 1 is 1.73 bits per heavy atom. The fourth-order valence-electron chi connectivity index (χ4n) is 1.53. The maximum absolute atomic E-state index is 11.1. The van der Waals surface area contributed by atoms with Gasteiger partial charge in [0.2, 0.25) is 0 Å². The van der Waals surface area contributed by atoms with Crippen LogP contribution in [0.4, 0.5) is 5.82 Å². The zero-order valence-electron chi connectivity index (χ0n) is 8.66. The lowest BCUT2D eigenvalue weighted by Gasteiger charge is -2.10. The molecule has 0 amide bonds. The molecular formula is C10H15N3O2. The standard InChI is InChI=1S/C10H15N3O2/c1-6-12-9(4-10(15)13-6)11-5-8(14)7-2-3-7/h4,7-8,14H,2-3,5H2,1H3,(H2,11,12,13,15). The van der Waals surface area contributed by atoms with Crippen molar-refractivity contribution in [2.45, 2.75) is 25.9 Å². The first-order valence-electron chi connectivity index (χ1n) is 5.15. The summed E-state index contributed by atoms with van der Waals surface area (Å²) in [5.74, 6) is 1.53. The van der Waals surface area contributed by atoms with Crippen LogP contribution in [0.5, 0.6) is 0 Å². The highest BCUT2D eigenvalue weighted by atomic mass is 16.3. The number of nitrogens with zero attached hydrogens (tertiary/aromatic N) is 1. The molecule has 1 heterocycles. The molecule has 5 nitrogen and oxygen atoms in total. The van der Waals surface area contributed by atoms with Crippen molar-refractivity contribution in [1.82, 2.24) is 9.97 Å². The van der Waals surface area contributed by atoms with Gasteiger partial charge in [-0.2, -0.15) is 0 Å². The number of aromatic nitrogens is 2. The first-order chi connectivity index (χ1) is 7.15. The van der Waals surface area contributed by atoms with E-state index in [1.54, 1.807) is 6.92 Å². The van der Waals surface area contributed by atoms with Crippen LogP contribution < -0.4 is 10.9 Å². The van der Waals surface area contributed by atoms with Gasteiger partial charge in [0.1, 0.15) is 11.6 Å². The molecule has 0 radical (unpaired) electrons. The maximum Gasteiger partial charge on any atom is 0.252 e. The minimum Gasteiger partial charge on any atom is -0.391 e. The maximum atomic E-state index is 11.1. The Hall–Kier alpha value is -1.36. The molecule has 1 aliphatic rings. The van der Waals surface area contributed by atoms with Gasteiger partial charge in [-0.25, -0.2) is 4.98 Å². The molecule has 1 fully saturated rings. The second kappa shape index (κ2) is 4.02. The van der Waals surface area contributed by atoms with Crippen molar-refractivity contribution in [2.24, 2.45) is 5.92 Å². The number of H-pyrrole nitrogens is 1. The number of nitrogens with one attached hydrogen (secondary N) is 2. The van der Waals surface area contributed by atoms with Crippen LogP contribution in [0, 0.1) is 12.8 Å². The van der Waals surface area contributed by atoms with Gasteiger partial charge in [0.15, 0.2) is 0 Å². The van der Waals surface area contributed by atoms with E-state index in [4.69, 9.17) is 0 Å². The fourth-order valence-corrected chi connectivity index (χ4v) is 1.53. The average molecular weight is 209 g/mol. The van der Waals surface area contributed by atoms with Crippen LogP contribution in [0.25, 0.3) is 0 Å². The SMILES string of the molecule is Cc1nc(NCC(O)C2CC2)cc(=O)[nH]1. The van der Waals surface area contributed by atoms with Crippen LogP contribution in [0.15, 0.2) is 10.9 Å². The van der Waals surface area contributed by atoms with Gasteiger partial charge in [0.25, 0.3) is 5.56 Å². The topological polar surface area (TPSA) is 78.0 Å². The number of anilines is 1. The number of hydrogen-bond donors (Lipinski definition) is 3. The highest BCUT2D eigenvalue weighted by molar-refractivity contribution is 5.32. The highest BCUT2D eigenvalue weighted by Gasteiger charge is 2.29. The third-order valence-electron chi connectivity index (χ3n) is 2.52. The Morgan fingerprint density at radius 2 is 2.47 bits per heavy atom. The van der Waals surface area contributed by atoms with Crippen molar-refractivity contribution < 1.29 is 5.11 Å². The molecule has 2 rings (SSSR count). The predicted molar refractivity (Wildman–Crippen MR) is 56.8 cm³/mol. The van der Waals surface area contributed by atoms with Crippen molar-refractivity contribution in [2.75, 3.05) is 11.9 Å². The Balaban J connectivity index is 1.94. The summed E-state index contributed by atoms with van der Waals surface area (Å²) in [6.45, 7) is 2.18. The second-order valence-corrected chi connectivity index (χ2v) is 4.00. The first kappa shape index (κ1) is 10.2. The van der Waals surface area contributed by atoms with Gasteiger partial charge in [-0.05, 0) is 25.7 Å². The number of aromatic amines is 1. The molecule has 1 saturated carbocycles. The Labute approximate surface area is 87.6 Å². The van der Waals surface area contributed by atoms with Gasteiger partial charge < -0.3 is 15.4 Å². The van der Waals surface area contributed by atoms with E-state index in [9.17, 15) is 9.90 Å². The van der Waals surface area contributed by atoms with E-state index in [1.165, 1.54) is 6.07 Å². The highest BCUT2D eigenvalue weighted by Crippen LogP contribution is 2.32. The number of hydrogen-bond acceptors (Lipinski definition) is 4. The minimum absolute atomic E-state index is 0.175. The lowest BCUT2D eigenvalue weighted by molar-refractivity contribution is 0.164. The summed E-state index contributed by atoms with van der Waals surface area (Å²) in [5.41, 5.74) is -0.175. The molecule has 0 spiro atoms. The normalized spacial score (nSPS) is 17.5. The van der Waals surface area contributed by atoms with Crippen molar-refractivity contribution in [3.05, 3.63) is 22.2 Å². The number of aliphatic hydroxyl groups is 1. The predicted octanol–water partition coefficient (Wildman–Crippen LogP) is 0.261. The molecule has 3 N–H and O–H groups in total. The summed E-state index contributed by atoms with van der Waals surface area (Å²) in [6.07, 6.45) is 1.88. The lowest BCUT2D eigenvalue weighted by atomic mass is 10.2. The Morgan fingerprint density at radius 3 is 3.07 bits per heavy atom. The van der Waals surface area contributed by atoms with Gasteiger partial charge >= 0.3 is 0 Å². The molecule has 1 atom stereocenters. The third-order valence-corrected chi connectivity index (χ3v) is 2.52. The summed E-state index contributed by atoms with van der Waals surface area (Å²) < 4.78 is 0. The van der Waals surface area contributed by atoms with Crippen molar-refractivity contribution in [1.29, 1.82) is 0 Å². The molecule has 5 heteroatoms. The number of aliphatic hydroxyl groups excluding tert-OH is 1. The van der Waals surface area contributed by atoms with Gasteiger partial charge in [0, 0.05) is 12.6 Å². The van der Waals surface area contributed by atoms with Crippen LogP contribution in [0.3, 0.4) is 0 Å². The van der Waals surface area contributed by atoms with E-state index in [0.717, 1.165) is 12.8 Å². The monoisotopic (exact) mass is 209 g/mol. The summed E-state index contributed by atoms with van der Waals surface area (Å²) >= 11 is 0. The molecule has 0 aliphatic heterocycles. The number of aryl methyl sites for hydroxylation is 1. The molecule has 82 valence electrons. The quantitative estimate of drug-likeness (QED) is 0.664. The smallest absolute Gasteiger partial charge is 0.252 e. The molecule has 1 aromatic rings. The van der Waals surface area contributed by atoms with Crippen LogP contribution in [-0.2, 0) is 0 Å². The second-order valence-electron chi connectivity index (χ2n) is 4.00. The van der Waals surface area contributed by atoms with Gasteiger partial charge in [-0.3, -0.25) is 4.79 Å². The van der Waals surface area contributed by atoms with E-state index in [1.807, 2.05) is 0 Å². The van der Waals surface area contributed by atoms with Crippen LogP contribution >= 0.6 is 0 Å². The van der Waals surface area contributed by atoms with Gasteiger partial charge in [-0.15, -0.1) is 0 Å². The summed E-state index contributed by atoms with van der Waals surface area (Å²) in [4.78, 5) is 17.8. The van der Waals surface area contributed by atoms with Crippen LogP contribution in [-0.4, -0.2) is 27.7 Å². The summed E-state index contributed by atoms with van der Waals surface area (Å²) in [7, 11) is 0. The van der Waals surface area contributed by atoms with Gasteiger partial charge in [-0.1, -0.05) is 0 Å². The average Bonchev–Trinajstić information content (AvgIpc) is 2.95. The fraction of sp³-hybridized carbons (Fsp3) is 0.600. The van der Waals surface area contributed by atoms with Crippen LogP contribution in [0.2, 0.25) is 0 Å². The van der Waals surface area contributed by atoms with E-state index >= 15 is 0 Å². The molecule has 1 aromatic heterocycles. The number of rotatable bonds is 4. The minimum atomic E-state index is -0.327. The summed E-state index contributed by atoms with van der Waals surface area (Å²) in [5, 5.41) is 12.6. The van der Waals surface area contributed by atoms with Gasteiger partial charge in [0.05, 0.1) is 6.10 Å². The lowest BCUT2D eigenvalue weighted by Crippen LogP contribution is -2.23. The largest absolute Gasteiger partial charge is 0.391 e. The molecule has 0 saturated heterocycles. The van der Waals surface area contributed by atoms with E-state index < -0.39 is 0 Å². The van der Waals surface area contributed by atoms with E-state index in [-0.39, 0.29) is 11.7 Å². The zero-order chi connectivity index (χ0) is 10.8. The molecule has 1 aliphatic carbocycles. The summed E-state index contributed by atoms with van der Waals surface area (Å²) in [6, 6.07) is 1.40. The van der Waals surface area contributed by atoms with E-state index in [2.05, 4.69) is 15.3 Å². The molecule has 1 unspecified atom stereocenters. The van der Waals surface area contributed by atoms with Crippen molar-refractivity contribution in [3.8, 4) is 0 Å². The third kappa shape index (κ3) is 2.79. The zero-order valence-corrected chi connectivity index (χ0v) is 8.66. The molecule has 15 heavy (non-hydrogen) atoms. The van der Waals surface area contributed by atoms with Crippen molar-refractivity contribution >= 4 is 5.82 Å². The Bertz CT molecular complexity index is 398.